The zero-order chi connectivity index (χ0) is 19.9. The Balaban J connectivity index is 1.52. The van der Waals surface area contributed by atoms with Crippen LogP contribution in [0.15, 0.2) is 48.5 Å². The van der Waals surface area contributed by atoms with Gasteiger partial charge in [-0.2, -0.15) is 0 Å². The molecule has 0 heterocycles. The molecule has 0 aromatic heterocycles. The molecule has 6 heteroatoms. The molecule has 28 heavy (non-hydrogen) atoms. The quantitative estimate of drug-likeness (QED) is 0.693. The monoisotopic (exact) mass is 383 g/mol. The largest absolute Gasteiger partial charge is 0.490 e. The van der Waals surface area contributed by atoms with Gasteiger partial charge < -0.3 is 19.9 Å². The number of carboxylic acid groups (broad SMARTS) is 1. The fraction of sp³-hybridized carbons (Fsp3) is 0.364. The summed E-state index contributed by atoms with van der Waals surface area (Å²) in [4.78, 5) is 23.2. The summed E-state index contributed by atoms with van der Waals surface area (Å²) >= 11 is 0. The molecule has 2 aromatic carbocycles. The van der Waals surface area contributed by atoms with Gasteiger partial charge >= 0.3 is 5.97 Å². The maximum absolute atomic E-state index is 12.5. The third kappa shape index (κ3) is 5.03. The summed E-state index contributed by atoms with van der Waals surface area (Å²) in [6.45, 7) is 2.38. The Morgan fingerprint density at radius 1 is 1.07 bits per heavy atom. The van der Waals surface area contributed by atoms with Gasteiger partial charge in [0.2, 0.25) is 0 Å². The van der Waals surface area contributed by atoms with Crippen LogP contribution in [0.4, 0.5) is 0 Å². The molecule has 0 unspecified atom stereocenters. The highest BCUT2D eigenvalue weighted by Crippen LogP contribution is 2.41. The molecule has 0 saturated heterocycles. The Morgan fingerprint density at radius 2 is 1.82 bits per heavy atom. The second-order valence-electron chi connectivity index (χ2n) is 6.93. The normalized spacial score (nSPS) is 18.0. The van der Waals surface area contributed by atoms with Crippen LogP contribution in [-0.4, -0.2) is 36.7 Å². The molecular formula is C22H25NO5. The van der Waals surface area contributed by atoms with E-state index in [1.807, 2.05) is 13.0 Å². The fourth-order valence-electron chi connectivity index (χ4n) is 3.42. The molecule has 0 aliphatic heterocycles. The van der Waals surface area contributed by atoms with E-state index in [9.17, 15) is 9.59 Å². The molecule has 1 aliphatic rings. The molecule has 148 valence electrons. The number of carbonyl (C=O) groups is 2. The summed E-state index contributed by atoms with van der Waals surface area (Å²) in [5.41, 5.74) is 1.83. The van der Waals surface area contributed by atoms with Gasteiger partial charge in [0.25, 0.3) is 5.91 Å². The van der Waals surface area contributed by atoms with Gasteiger partial charge in [0, 0.05) is 12.1 Å². The van der Waals surface area contributed by atoms with Crippen molar-refractivity contribution in [1.29, 1.82) is 0 Å². The standard InChI is InChI=1S/C22H25NO5/c1-2-27-20-12-17(8-9-19(20)28-14-21(24)25)22(26)23-13-15-10-18(11-15)16-6-4-3-5-7-16/h3-9,12,15,18H,2,10-11,13-14H2,1H3,(H,23,26)(H,24,25). The van der Waals surface area contributed by atoms with Gasteiger partial charge in [0.15, 0.2) is 18.1 Å². The van der Waals surface area contributed by atoms with Crippen molar-refractivity contribution in [3.05, 3.63) is 59.7 Å². The number of ether oxygens (including phenoxy) is 2. The fourth-order valence-corrected chi connectivity index (χ4v) is 3.42. The minimum atomic E-state index is -1.07. The maximum atomic E-state index is 12.5. The molecule has 0 bridgehead atoms. The molecule has 1 fully saturated rings. The Hall–Kier alpha value is -3.02. The van der Waals surface area contributed by atoms with Crippen molar-refractivity contribution in [3.8, 4) is 11.5 Å². The maximum Gasteiger partial charge on any atom is 0.341 e. The predicted molar refractivity (Wildman–Crippen MR) is 105 cm³/mol. The van der Waals surface area contributed by atoms with Gasteiger partial charge in [0.05, 0.1) is 6.61 Å². The highest BCUT2D eigenvalue weighted by Gasteiger charge is 2.30. The number of carbonyl (C=O) groups excluding carboxylic acids is 1. The first-order valence-corrected chi connectivity index (χ1v) is 9.51. The molecule has 2 N–H and O–H groups in total. The molecule has 0 spiro atoms. The summed E-state index contributed by atoms with van der Waals surface area (Å²) in [6, 6.07) is 15.2. The van der Waals surface area contributed by atoms with Crippen LogP contribution in [0.2, 0.25) is 0 Å². The lowest BCUT2D eigenvalue weighted by atomic mass is 9.71. The van der Waals surface area contributed by atoms with E-state index in [2.05, 4.69) is 29.6 Å². The molecular weight excluding hydrogens is 358 g/mol. The molecule has 0 radical (unpaired) electrons. The lowest BCUT2D eigenvalue weighted by Gasteiger charge is -2.35. The number of hydrogen-bond donors (Lipinski definition) is 2. The van der Waals surface area contributed by atoms with E-state index in [4.69, 9.17) is 14.6 Å². The smallest absolute Gasteiger partial charge is 0.341 e. The Bertz CT molecular complexity index is 815. The summed E-state index contributed by atoms with van der Waals surface area (Å²) in [5, 5.41) is 11.7. The summed E-state index contributed by atoms with van der Waals surface area (Å²) in [6.07, 6.45) is 2.16. The highest BCUT2D eigenvalue weighted by atomic mass is 16.5. The molecule has 3 rings (SSSR count). The van der Waals surface area contributed by atoms with Gasteiger partial charge in [-0.3, -0.25) is 4.79 Å². The SMILES string of the molecule is CCOc1cc(C(=O)NCC2CC(c3ccccc3)C2)ccc1OCC(=O)O. The van der Waals surface area contributed by atoms with Crippen LogP contribution in [0.25, 0.3) is 0 Å². The lowest BCUT2D eigenvalue weighted by molar-refractivity contribution is -0.139. The van der Waals surface area contributed by atoms with E-state index in [-0.39, 0.29) is 5.91 Å². The van der Waals surface area contributed by atoms with E-state index < -0.39 is 12.6 Å². The van der Waals surface area contributed by atoms with Crippen molar-refractivity contribution >= 4 is 11.9 Å². The second-order valence-corrected chi connectivity index (χ2v) is 6.93. The molecule has 1 aliphatic carbocycles. The Kier molecular flexibility index (Phi) is 6.53. The average molecular weight is 383 g/mol. The number of hydrogen-bond acceptors (Lipinski definition) is 4. The van der Waals surface area contributed by atoms with Crippen molar-refractivity contribution in [3.63, 3.8) is 0 Å². The minimum Gasteiger partial charge on any atom is -0.490 e. The number of carboxylic acids is 1. The van der Waals surface area contributed by atoms with E-state index >= 15 is 0 Å². The first-order chi connectivity index (χ1) is 13.6. The number of aliphatic carboxylic acids is 1. The third-order valence-corrected chi connectivity index (χ3v) is 4.91. The lowest BCUT2D eigenvalue weighted by Crippen LogP contribution is -2.35. The van der Waals surface area contributed by atoms with Crippen LogP contribution in [0.1, 0.15) is 41.6 Å². The molecule has 6 nitrogen and oxygen atoms in total. The third-order valence-electron chi connectivity index (χ3n) is 4.91. The van der Waals surface area contributed by atoms with Crippen molar-refractivity contribution in [2.24, 2.45) is 5.92 Å². The van der Waals surface area contributed by atoms with Crippen LogP contribution in [0.3, 0.4) is 0 Å². The first kappa shape index (κ1) is 19.7. The van der Waals surface area contributed by atoms with Gasteiger partial charge in [-0.25, -0.2) is 4.79 Å². The average Bonchev–Trinajstić information content (AvgIpc) is 2.66. The summed E-state index contributed by atoms with van der Waals surface area (Å²) < 4.78 is 10.7. The predicted octanol–water partition coefficient (Wildman–Crippen LogP) is 3.47. The number of benzene rings is 2. The number of rotatable bonds is 9. The van der Waals surface area contributed by atoms with Crippen molar-refractivity contribution in [2.45, 2.75) is 25.7 Å². The summed E-state index contributed by atoms with van der Waals surface area (Å²) in [5.74, 6) is 0.499. The van der Waals surface area contributed by atoms with Crippen LogP contribution < -0.4 is 14.8 Å². The Labute approximate surface area is 164 Å². The zero-order valence-electron chi connectivity index (χ0n) is 15.9. The Morgan fingerprint density at radius 3 is 2.50 bits per heavy atom. The summed E-state index contributed by atoms with van der Waals surface area (Å²) in [7, 11) is 0. The molecule has 1 amide bonds. The van der Waals surface area contributed by atoms with E-state index in [1.165, 1.54) is 5.56 Å². The van der Waals surface area contributed by atoms with Crippen molar-refractivity contribution < 1.29 is 24.2 Å². The molecule has 2 aromatic rings. The van der Waals surface area contributed by atoms with Gasteiger partial charge in [-0.05, 0) is 55.4 Å². The van der Waals surface area contributed by atoms with Crippen molar-refractivity contribution in [1.82, 2.24) is 5.32 Å². The van der Waals surface area contributed by atoms with Crippen molar-refractivity contribution in [2.75, 3.05) is 19.8 Å². The zero-order valence-corrected chi connectivity index (χ0v) is 15.9. The van der Waals surface area contributed by atoms with Crippen LogP contribution in [-0.2, 0) is 4.79 Å². The molecule has 0 atom stereocenters. The van der Waals surface area contributed by atoms with E-state index in [0.717, 1.165) is 12.8 Å². The molecule has 1 saturated carbocycles. The topological polar surface area (TPSA) is 84.9 Å². The minimum absolute atomic E-state index is 0.172. The van der Waals surface area contributed by atoms with E-state index in [1.54, 1.807) is 18.2 Å². The van der Waals surface area contributed by atoms with Gasteiger partial charge in [0.1, 0.15) is 0 Å². The van der Waals surface area contributed by atoms with Gasteiger partial charge in [-0.1, -0.05) is 30.3 Å². The first-order valence-electron chi connectivity index (χ1n) is 9.51. The number of nitrogens with one attached hydrogen (secondary N) is 1. The van der Waals surface area contributed by atoms with E-state index in [0.29, 0.717) is 42.0 Å². The van der Waals surface area contributed by atoms with Gasteiger partial charge in [-0.15, -0.1) is 0 Å². The van der Waals surface area contributed by atoms with Crippen LogP contribution >= 0.6 is 0 Å². The van der Waals surface area contributed by atoms with Crippen LogP contribution in [0, 0.1) is 5.92 Å². The highest BCUT2D eigenvalue weighted by molar-refractivity contribution is 5.94. The number of amides is 1. The van der Waals surface area contributed by atoms with Crippen LogP contribution in [0.5, 0.6) is 11.5 Å². The second kappa shape index (κ2) is 9.26.